The maximum absolute atomic E-state index is 12.2. The molecule has 5 nitrogen and oxygen atoms in total. The van der Waals surface area contributed by atoms with Gasteiger partial charge >= 0.3 is 0 Å². The molecule has 1 N–H and O–H groups in total. The lowest BCUT2D eigenvalue weighted by Gasteiger charge is -2.29. The number of nitrogens with zero attached hydrogens (tertiary/aromatic N) is 2. The summed E-state index contributed by atoms with van der Waals surface area (Å²) in [5, 5.41) is 10.6. The molecule has 3 rings (SSSR count). The largest absolute Gasteiger partial charge is 0.483 e. The van der Waals surface area contributed by atoms with Crippen LogP contribution in [-0.2, 0) is 11.3 Å². The first-order valence-electron chi connectivity index (χ1n) is 9.45. The summed E-state index contributed by atoms with van der Waals surface area (Å²) in [6, 6.07) is 7.88. The third-order valence-corrected chi connectivity index (χ3v) is 5.32. The van der Waals surface area contributed by atoms with Crippen LogP contribution in [0.15, 0.2) is 24.3 Å². The fourth-order valence-electron chi connectivity index (χ4n) is 4.01. The summed E-state index contributed by atoms with van der Waals surface area (Å²) in [5.74, 6) is 0.834. The summed E-state index contributed by atoms with van der Waals surface area (Å²) in [6.45, 7) is 3.19. The number of para-hydroxylation sites is 1. The van der Waals surface area contributed by atoms with E-state index in [0.717, 1.165) is 62.9 Å². The van der Waals surface area contributed by atoms with E-state index in [1.807, 2.05) is 36.2 Å². The maximum Gasteiger partial charge on any atom is 0.260 e. The van der Waals surface area contributed by atoms with Gasteiger partial charge in [-0.2, -0.15) is 0 Å². The summed E-state index contributed by atoms with van der Waals surface area (Å²) in [6.07, 6.45) is 6.19. The van der Waals surface area contributed by atoms with E-state index in [2.05, 4.69) is 4.90 Å². The van der Waals surface area contributed by atoms with Gasteiger partial charge in [0.2, 0.25) is 0 Å². The van der Waals surface area contributed by atoms with Crippen LogP contribution in [0.25, 0.3) is 0 Å². The molecule has 1 heterocycles. The molecule has 1 amide bonds. The third-order valence-electron chi connectivity index (χ3n) is 5.32. The van der Waals surface area contributed by atoms with Crippen molar-refractivity contribution in [3.05, 3.63) is 29.8 Å². The van der Waals surface area contributed by atoms with E-state index in [9.17, 15) is 9.90 Å². The minimum atomic E-state index is -0.545. The van der Waals surface area contributed by atoms with Gasteiger partial charge in [0, 0.05) is 31.7 Å². The topological polar surface area (TPSA) is 53.0 Å². The number of benzene rings is 1. The second-order valence-electron chi connectivity index (χ2n) is 7.59. The first-order valence-corrected chi connectivity index (χ1v) is 9.45. The fraction of sp³-hybridized carbons (Fsp3) is 0.650. The lowest BCUT2D eigenvalue weighted by Crippen LogP contribution is -2.38. The van der Waals surface area contributed by atoms with Crippen LogP contribution in [0, 0.1) is 0 Å². The number of carbonyl (C=O) groups excluding carboxylic acids is 1. The normalized spacial score (nSPS) is 19.6. The third kappa shape index (κ3) is 4.95. The number of likely N-dealkylation sites (N-methyl/N-ethyl adjacent to an activating group) is 1. The number of amides is 1. The zero-order valence-corrected chi connectivity index (χ0v) is 15.2. The highest BCUT2D eigenvalue weighted by molar-refractivity contribution is 5.78. The predicted octanol–water partition coefficient (Wildman–Crippen LogP) is 2.42. The van der Waals surface area contributed by atoms with Gasteiger partial charge < -0.3 is 14.7 Å². The molecule has 0 spiro atoms. The van der Waals surface area contributed by atoms with Crippen molar-refractivity contribution >= 4 is 5.91 Å². The Morgan fingerprint density at radius 2 is 1.88 bits per heavy atom. The van der Waals surface area contributed by atoms with E-state index in [1.165, 1.54) is 0 Å². The highest BCUT2D eigenvalue weighted by atomic mass is 16.5. The zero-order valence-electron chi connectivity index (χ0n) is 15.2. The van der Waals surface area contributed by atoms with Gasteiger partial charge in [0.1, 0.15) is 5.75 Å². The molecule has 1 aliphatic heterocycles. The van der Waals surface area contributed by atoms with E-state index in [0.29, 0.717) is 13.1 Å². The fourth-order valence-corrected chi connectivity index (χ4v) is 4.01. The monoisotopic (exact) mass is 346 g/mol. The molecule has 5 heteroatoms. The molecule has 138 valence electrons. The molecule has 1 aliphatic carbocycles. The number of hydrogen-bond donors (Lipinski definition) is 1. The van der Waals surface area contributed by atoms with Crippen molar-refractivity contribution in [2.45, 2.75) is 50.7 Å². The van der Waals surface area contributed by atoms with E-state index < -0.39 is 5.60 Å². The van der Waals surface area contributed by atoms with Gasteiger partial charge in [0.25, 0.3) is 5.91 Å². The molecule has 25 heavy (non-hydrogen) atoms. The van der Waals surface area contributed by atoms with Gasteiger partial charge in [-0.3, -0.25) is 9.69 Å². The van der Waals surface area contributed by atoms with Crippen LogP contribution in [0.4, 0.5) is 0 Å². The second-order valence-corrected chi connectivity index (χ2v) is 7.59. The molecule has 1 aromatic rings. The van der Waals surface area contributed by atoms with E-state index in [4.69, 9.17) is 4.74 Å². The van der Waals surface area contributed by atoms with E-state index in [-0.39, 0.29) is 12.5 Å². The average molecular weight is 346 g/mol. The minimum Gasteiger partial charge on any atom is -0.483 e. The minimum absolute atomic E-state index is 0.0703. The number of carbonyl (C=O) groups is 1. The van der Waals surface area contributed by atoms with Crippen LogP contribution in [0.5, 0.6) is 5.75 Å². The summed E-state index contributed by atoms with van der Waals surface area (Å²) >= 11 is 0. The molecule has 0 aromatic heterocycles. The van der Waals surface area contributed by atoms with Gasteiger partial charge in [-0.05, 0) is 38.8 Å². The summed E-state index contributed by atoms with van der Waals surface area (Å²) in [4.78, 5) is 16.2. The highest BCUT2D eigenvalue weighted by Crippen LogP contribution is 2.30. The summed E-state index contributed by atoms with van der Waals surface area (Å²) < 4.78 is 5.83. The van der Waals surface area contributed by atoms with Crippen molar-refractivity contribution in [2.75, 3.05) is 33.3 Å². The van der Waals surface area contributed by atoms with Gasteiger partial charge in [-0.1, -0.05) is 31.0 Å². The quantitative estimate of drug-likeness (QED) is 0.824. The number of ether oxygens (including phenoxy) is 1. The lowest BCUT2D eigenvalue weighted by molar-refractivity contribution is -0.132. The zero-order chi connectivity index (χ0) is 17.7. The molecule has 1 saturated heterocycles. The van der Waals surface area contributed by atoms with Crippen LogP contribution in [-0.4, -0.2) is 59.7 Å². The van der Waals surface area contributed by atoms with Crippen molar-refractivity contribution in [1.82, 2.24) is 9.80 Å². The van der Waals surface area contributed by atoms with Crippen LogP contribution in [0.1, 0.15) is 44.1 Å². The Balaban J connectivity index is 1.55. The van der Waals surface area contributed by atoms with Crippen LogP contribution in [0.3, 0.4) is 0 Å². The number of rotatable bonds is 7. The molecule has 1 aromatic carbocycles. The summed E-state index contributed by atoms with van der Waals surface area (Å²) in [7, 11) is 2.03. The molecule has 2 fully saturated rings. The Morgan fingerprint density at radius 3 is 2.60 bits per heavy atom. The highest BCUT2D eigenvalue weighted by Gasteiger charge is 2.32. The Kier molecular flexibility index (Phi) is 5.97. The Bertz CT molecular complexity index is 578. The molecular weight excluding hydrogens is 316 g/mol. The van der Waals surface area contributed by atoms with Crippen molar-refractivity contribution in [1.29, 1.82) is 0 Å². The van der Waals surface area contributed by atoms with E-state index >= 15 is 0 Å². The molecule has 1 saturated carbocycles. The summed E-state index contributed by atoms with van der Waals surface area (Å²) in [5.41, 5.74) is 0.511. The maximum atomic E-state index is 12.2. The molecule has 0 bridgehead atoms. The Morgan fingerprint density at radius 1 is 1.20 bits per heavy atom. The molecular formula is C20H30N2O3. The molecule has 0 radical (unpaired) electrons. The number of hydrogen-bond acceptors (Lipinski definition) is 4. The van der Waals surface area contributed by atoms with Crippen molar-refractivity contribution < 1.29 is 14.6 Å². The van der Waals surface area contributed by atoms with E-state index in [1.54, 1.807) is 0 Å². The van der Waals surface area contributed by atoms with Crippen LogP contribution >= 0.6 is 0 Å². The Hall–Kier alpha value is -1.59. The lowest BCUT2D eigenvalue weighted by atomic mass is 10.0. The second kappa shape index (κ2) is 8.19. The Labute approximate surface area is 150 Å². The smallest absolute Gasteiger partial charge is 0.260 e. The standard InChI is InChI=1S/C20H30N2O3/c1-21(16-20(24)10-4-5-11-20)14-17-8-2-3-9-18(17)25-15-19(23)22-12-6-7-13-22/h2-3,8-9,24H,4-7,10-16H2,1H3. The number of aliphatic hydroxyl groups is 1. The van der Waals surface area contributed by atoms with Crippen molar-refractivity contribution in [2.24, 2.45) is 0 Å². The van der Waals surface area contributed by atoms with Gasteiger partial charge in [0.15, 0.2) is 6.61 Å². The van der Waals surface area contributed by atoms with Gasteiger partial charge in [0.05, 0.1) is 5.60 Å². The van der Waals surface area contributed by atoms with Crippen molar-refractivity contribution in [3.8, 4) is 5.75 Å². The van der Waals surface area contributed by atoms with Gasteiger partial charge in [-0.25, -0.2) is 0 Å². The average Bonchev–Trinajstić information content (AvgIpc) is 3.25. The van der Waals surface area contributed by atoms with Crippen LogP contribution < -0.4 is 4.74 Å². The first-order chi connectivity index (χ1) is 12.1. The molecule has 2 aliphatic rings. The molecule has 0 atom stereocenters. The predicted molar refractivity (Wildman–Crippen MR) is 97.5 cm³/mol. The van der Waals surface area contributed by atoms with Crippen LogP contribution in [0.2, 0.25) is 0 Å². The first kappa shape index (κ1) is 18.2. The SMILES string of the molecule is CN(Cc1ccccc1OCC(=O)N1CCCC1)CC1(O)CCCC1. The number of likely N-dealkylation sites (tertiary alicyclic amines) is 1. The van der Waals surface area contributed by atoms with Crippen molar-refractivity contribution in [3.63, 3.8) is 0 Å². The molecule has 0 unspecified atom stereocenters. The van der Waals surface area contributed by atoms with Gasteiger partial charge in [-0.15, -0.1) is 0 Å².